The summed E-state index contributed by atoms with van der Waals surface area (Å²) in [5.41, 5.74) is 4.16. The van der Waals surface area contributed by atoms with E-state index in [2.05, 4.69) is 54.5 Å². The van der Waals surface area contributed by atoms with E-state index in [9.17, 15) is 4.79 Å². The standard InChI is InChI=1S/C26H30N4OS/c1-3-23-15-24(30(2)17-20-7-5-4-6-8-20)29-26(28-23)32-18-21-11-13-22(14-12-21)25(31)27-16-19-9-10-19/h4-8,11-15,19H,3,9-10,16-18H2,1-2H3,(H,27,31). The molecule has 1 N–H and O–H groups in total. The van der Waals surface area contributed by atoms with Gasteiger partial charge in [-0.05, 0) is 48.4 Å². The Morgan fingerprint density at radius 2 is 1.81 bits per heavy atom. The van der Waals surface area contributed by atoms with Gasteiger partial charge in [0.05, 0.1) is 0 Å². The van der Waals surface area contributed by atoms with E-state index in [4.69, 9.17) is 9.97 Å². The summed E-state index contributed by atoms with van der Waals surface area (Å²) in [7, 11) is 2.07. The zero-order valence-corrected chi connectivity index (χ0v) is 19.6. The SMILES string of the molecule is CCc1cc(N(C)Cc2ccccc2)nc(SCc2ccc(C(=O)NCC3CC3)cc2)n1. The van der Waals surface area contributed by atoms with Crippen LogP contribution in [-0.2, 0) is 18.7 Å². The van der Waals surface area contributed by atoms with Crippen molar-refractivity contribution in [1.82, 2.24) is 15.3 Å². The van der Waals surface area contributed by atoms with Gasteiger partial charge in [-0.25, -0.2) is 9.97 Å². The number of aromatic nitrogens is 2. The van der Waals surface area contributed by atoms with Gasteiger partial charge in [-0.1, -0.05) is 61.2 Å². The summed E-state index contributed by atoms with van der Waals surface area (Å²) in [4.78, 5) is 23.9. The van der Waals surface area contributed by atoms with Crippen LogP contribution >= 0.6 is 11.8 Å². The molecule has 3 aromatic rings. The lowest BCUT2D eigenvalue weighted by atomic mass is 10.1. The second kappa shape index (κ2) is 10.6. The minimum atomic E-state index is 0.0150. The Bertz CT molecular complexity index is 1040. The molecule has 0 bridgehead atoms. The normalized spacial score (nSPS) is 13.1. The maximum atomic E-state index is 12.2. The number of carbonyl (C=O) groups is 1. The molecular formula is C26H30N4OS. The molecule has 0 unspecified atom stereocenters. The number of anilines is 1. The number of hydrogen-bond donors (Lipinski definition) is 1. The highest BCUT2D eigenvalue weighted by atomic mass is 32.2. The van der Waals surface area contributed by atoms with Crippen LogP contribution in [0.1, 0.15) is 46.9 Å². The largest absolute Gasteiger partial charge is 0.355 e. The molecule has 1 heterocycles. The molecule has 0 aliphatic heterocycles. The Balaban J connectivity index is 1.37. The molecule has 1 aliphatic rings. The van der Waals surface area contributed by atoms with Crippen molar-refractivity contribution >= 4 is 23.5 Å². The Labute approximate surface area is 194 Å². The molecule has 1 aromatic heterocycles. The van der Waals surface area contributed by atoms with Gasteiger partial charge in [-0.2, -0.15) is 0 Å². The van der Waals surface area contributed by atoms with Crippen molar-refractivity contribution < 1.29 is 4.79 Å². The second-order valence-electron chi connectivity index (χ2n) is 8.33. The summed E-state index contributed by atoms with van der Waals surface area (Å²) in [6.07, 6.45) is 3.34. The van der Waals surface area contributed by atoms with Gasteiger partial charge in [0, 0.05) is 43.2 Å². The average Bonchev–Trinajstić information content (AvgIpc) is 3.66. The Kier molecular flexibility index (Phi) is 7.43. The summed E-state index contributed by atoms with van der Waals surface area (Å²) in [6, 6.07) is 20.3. The van der Waals surface area contributed by atoms with Crippen LogP contribution in [0.25, 0.3) is 0 Å². The van der Waals surface area contributed by atoms with Crippen LogP contribution in [-0.4, -0.2) is 29.5 Å². The molecule has 1 amide bonds. The fourth-order valence-corrected chi connectivity index (χ4v) is 4.23. The lowest BCUT2D eigenvalue weighted by Crippen LogP contribution is -2.25. The first-order valence-electron chi connectivity index (χ1n) is 11.2. The highest BCUT2D eigenvalue weighted by Crippen LogP contribution is 2.28. The molecule has 0 radical (unpaired) electrons. The average molecular weight is 447 g/mol. The summed E-state index contributed by atoms with van der Waals surface area (Å²) in [6.45, 7) is 3.71. The zero-order chi connectivity index (χ0) is 22.3. The zero-order valence-electron chi connectivity index (χ0n) is 18.8. The van der Waals surface area contributed by atoms with Gasteiger partial charge in [-0.15, -0.1) is 0 Å². The number of benzene rings is 2. The molecule has 32 heavy (non-hydrogen) atoms. The third-order valence-electron chi connectivity index (χ3n) is 5.59. The van der Waals surface area contributed by atoms with E-state index < -0.39 is 0 Å². The summed E-state index contributed by atoms with van der Waals surface area (Å²) in [5.74, 6) is 2.40. The van der Waals surface area contributed by atoms with Crippen LogP contribution in [0.5, 0.6) is 0 Å². The van der Waals surface area contributed by atoms with Crippen LogP contribution in [0.3, 0.4) is 0 Å². The Morgan fingerprint density at radius 3 is 2.50 bits per heavy atom. The van der Waals surface area contributed by atoms with E-state index in [1.165, 1.54) is 18.4 Å². The number of rotatable bonds is 10. The van der Waals surface area contributed by atoms with Crippen molar-refractivity contribution in [1.29, 1.82) is 0 Å². The van der Waals surface area contributed by atoms with Gasteiger partial charge in [0.15, 0.2) is 5.16 Å². The van der Waals surface area contributed by atoms with Crippen molar-refractivity contribution in [2.45, 2.75) is 43.6 Å². The summed E-state index contributed by atoms with van der Waals surface area (Å²) >= 11 is 1.63. The smallest absolute Gasteiger partial charge is 0.251 e. The molecule has 1 fully saturated rings. The molecule has 0 atom stereocenters. The molecule has 166 valence electrons. The molecule has 4 rings (SSSR count). The first-order chi connectivity index (χ1) is 15.6. The molecule has 1 aliphatic carbocycles. The maximum Gasteiger partial charge on any atom is 0.251 e. The number of aryl methyl sites for hydroxylation is 1. The van der Waals surface area contributed by atoms with Crippen LogP contribution in [0, 0.1) is 5.92 Å². The lowest BCUT2D eigenvalue weighted by Gasteiger charge is -2.19. The maximum absolute atomic E-state index is 12.2. The van der Waals surface area contributed by atoms with Crippen LogP contribution in [0.2, 0.25) is 0 Å². The van der Waals surface area contributed by atoms with Crippen molar-refractivity contribution in [3.05, 3.63) is 83.0 Å². The fraction of sp³-hybridized carbons (Fsp3) is 0.346. The Morgan fingerprint density at radius 1 is 1.06 bits per heavy atom. The molecular weight excluding hydrogens is 416 g/mol. The first kappa shape index (κ1) is 22.3. The topological polar surface area (TPSA) is 58.1 Å². The number of nitrogens with zero attached hydrogens (tertiary/aromatic N) is 3. The van der Waals surface area contributed by atoms with Crippen molar-refractivity contribution in [2.75, 3.05) is 18.5 Å². The second-order valence-corrected chi connectivity index (χ2v) is 9.28. The van der Waals surface area contributed by atoms with E-state index in [0.29, 0.717) is 11.5 Å². The predicted octanol–water partition coefficient (Wildman–Crippen LogP) is 5.11. The van der Waals surface area contributed by atoms with Crippen molar-refractivity contribution in [2.24, 2.45) is 5.92 Å². The van der Waals surface area contributed by atoms with Crippen LogP contribution < -0.4 is 10.2 Å². The van der Waals surface area contributed by atoms with E-state index in [1.54, 1.807) is 11.8 Å². The molecule has 6 heteroatoms. The van der Waals surface area contributed by atoms with E-state index in [-0.39, 0.29) is 5.91 Å². The third kappa shape index (κ3) is 6.33. The quantitative estimate of drug-likeness (QED) is 0.347. The number of carbonyl (C=O) groups excluding carboxylic acids is 1. The van der Waals surface area contributed by atoms with Crippen molar-refractivity contribution in [3.8, 4) is 0 Å². The monoisotopic (exact) mass is 446 g/mol. The van der Waals surface area contributed by atoms with Gasteiger partial charge in [0.1, 0.15) is 5.82 Å². The van der Waals surface area contributed by atoms with Gasteiger partial charge in [0.2, 0.25) is 0 Å². The molecule has 0 saturated heterocycles. The van der Waals surface area contributed by atoms with Gasteiger partial charge in [0.25, 0.3) is 5.91 Å². The molecule has 5 nitrogen and oxygen atoms in total. The van der Waals surface area contributed by atoms with Crippen molar-refractivity contribution in [3.63, 3.8) is 0 Å². The summed E-state index contributed by atoms with van der Waals surface area (Å²) in [5, 5.41) is 3.80. The minimum absolute atomic E-state index is 0.0150. The van der Waals surface area contributed by atoms with E-state index >= 15 is 0 Å². The minimum Gasteiger partial charge on any atom is -0.355 e. The highest BCUT2D eigenvalue weighted by molar-refractivity contribution is 7.98. The van der Waals surface area contributed by atoms with E-state index in [0.717, 1.165) is 47.5 Å². The predicted molar refractivity (Wildman–Crippen MR) is 131 cm³/mol. The molecule has 0 spiro atoms. The number of hydrogen-bond acceptors (Lipinski definition) is 5. The third-order valence-corrected chi connectivity index (χ3v) is 6.51. The number of amides is 1. The Hall–Kier alpha value is -2.86. The number of nitrogens with one attached hydrogen (secondary N) is 1. The first-order valence-corrected chi connectivity index (χ1v) is 12.2. The summed E-state index contributed by atoms with van der Waals surface area (Å²) < 4.78 is 0. The molecule has 1 saturated carbocycles. The van der Waals surface area contributed by atoms with Gasteiger partial charge < -0.3 is 10.2 Å². The van der Waals surface area contributed by atoms with Gasteiger partial charge in [-0.3, -0.25) is 4.79 Å². The van der Waals surface area contributed by atoms with Crippen LogP contribution in [0.15, 0.2) is 65.8 Å². The molecule has 2 aromatic carbocycles. The highest BCUT2D eigenvalue weighted by Gasteiger charge is 2.21. The van der Waals surface area contributed by atoms with Gasteiger partial charge >= 0.3 is 0 Å². The van der Waals surface area contributed by atoms with Crippen LogP contribution in [0.4, 0.5) is 5.82 Å². The van der Waals surface area contributed by atoms with E-state index in [1.807, 2.05) is 30.3 Å². The fourth-order valence-electron chi connectivity index (χ4n) is 3.40. The number of thioether (sulfide) groups is 1. The lowest BCUT2D eigenvalue weighted by molar-refractivity contribution is 0.0952.